The average Bonchev–Trinajstić information content (AvgIpc) is 3.40. The summed E-state index contributed by atoms with van der Waals surface area (Å²) >= 11 is 0. The summed E-state index contributed by atoms with van der Waals surface area (Å²) in [6, 6.07) is 2.24. The van der Waals surface area contributed by atoms with Gasteiger partial charge >= 0.3 is 0 Å². The van der Waals surface area contributed by atoms with Crippen LogP contribution in [0.25, 0.3) is 0 Å². The van der Waals surface area contributed by atoms with Crippen molar-refractivity contribution in [3.05, 3.63) is 18.0 Å². The van der Waals surface area contributed by atoms with Gasteiger partial charge in [0.15, 0.2) is 0 Å². The van der Waals surface area contributed by atoms with Crippen LogP contribution >= 0.6 is 0 Å². The lowest BCUT2D eigenvalue weighted by Gasteiger charge is -2.46. The molecule has 3 aliphatic heterocycles. The molecule has 3 aliphatic rings. The zero-order valence-electron chi connectivity index (χ0n) is 17.0. The SMILES string of the molecule is CCn1nccc1C(=O)N1CC2CNC(CCCC(=O)N3CCCC3)C(C2)C1. The van der Waals surface area contributed by atoms with E-state index in [-0.39, 0.29) is 5.91 Å². The lowest BCUT2D eigenvalue weighted by atomic mass is 9.79. The highest BCUT2D eigenvalue weighted by Gasteiger charge is 2.38. The fourth-order valence-electron chi connectivity index (χ4n) is 5.20. The second-order valence-corrected chi connectivity index (χ2v) is 8.60. The van der Waals surface area contributed by atoms with Crippen molar-refractivity contribution in [2.45, 2.75) is 58.0 Å². The van der Waals surface area contributed by atoms with Crippen LogP contribution in [0.4, 0.5) is 0 Å². The Morgan fingerprint density at radius 2 is 2.04 bits per heavy atom. The number of nitrogens with one attached hydrogen (secondary N) is 1. The first-order valence-corrected chi connectivity index (χ1v) is 11.0. The lowest BCUT2D eigenvalue weighted by Crippen LogP contribution is -2.57. The van der Waals surface area contributed by atoms with Crippen molar-refractivity contribution >= 4 is 11.8 Å². The molecule has 0 radical (unpaired) electrons. The van der Waals surface area contributed by atoms with Crippen molar-refractivity contribution < 1.29 is 9.59 Å². The summed E-state index contributed by atoms with van der Waals surface area (Å²) in [6.07, 6.45) is 7.82. The minimum Gasteiger partial charge on any atom is -0.343 e. The molecule has 1 N–H and O–H groups in total. The van der Waals surface area contributed by atoms with E-state index in [4.69, 9.17) is 0 Å². The summed E-state index contributed by atoms with van der Waals surface area (Å²) in [6.45, 7) is 7.21. The number of piperidine rings is 2. The standard InChI is InChI=1S/C21H33N5O2/c1-2-26-19(8-9-23-26)21(28)25-14-16-12-17(15-25)18(22-13-16)6-5-7-20(27)24-10-3-4-11-24/h8-9,16-18,22H,2-7,10-15H2,1H3. The zero-order valence-corrected chi connectivity index (χ0v) is 17.0. The van der Waals surface area contributed by atoms with E-state index in [9.17, 15) is 9.59 Å². The van der Waals surface area contributed by atoms with E-state index in [1.54, 1.807) is 10.9 Å². The van der Waals surface area contributed by atoms with E-state index >= 15 is 0 Å². The van der Waals surface area contributed by atoms with E-state index in [1.165, 1.54) is 6.42 Å². The molecule has 7 heteroatoms. The van der Waals surface area contributed by atoms with Gasteiger partial charge in [-0.15, -0.1) is 0 Å². The number of aryl methyl sites for hydroxylation is 1. The molecular weight excluding hydrogens is 354 g/mol. The number of rotatable bonds is 6. The summed E-state index contributed by atoms with van der Waals surface area (Å²) in [7, 11) is 0. The second kappa shape index (κ2) is 8.64. The van der Waals surface area contributed by atoms with Gasteiger partial charge in [0.25, 0.3) is 5.91 Å². The Morgan fingerprint density at radius 1 is 1.21 bits per heavy atom. The second-order valence-electron chi connectivity index (χ2n) is 8.60. The van der Waals surface area contributed by atoms with Crippen LogP contribution in [0.2, 0.25) is 0 Å². The quantitative estimate of drug-likeness (QED) is 0.807. The monoisotopic (exact) mass is 387 g/mol. The summed E-state index contributed by atoms with van der Waals surface area (Å²) in [5, 5.41) is 7.95. The molecule has 28 heavy (non-hydrogen) atoms. The van der Waals surface area contributed by atoms with Crippen molar-refractivity contribution in [1.82, 2.24) is 24.9 Å². The van der Waals surface area contributed by atoms with E-state index in [2.05, 4.69) is 10.4 Å². The normalized spacial score (nSPS) is 27.2. The Balaban J connectivity index is 1.31. The van der Waals surface area contributed by atoms with Gasteiger partial charge in [-0.3, -0.25) is 14.3 Å². The maximum atomic E-state index is 13.0. The van der Waals surface area contributed by atoms with Crippen molar-refractivity contribution in [1.29, 1.82) is 0 Å². The van der Waals surface area contributed by atoms with Gasteiger partial charge in [-0.25, -0.2) is 0 Å². The van der Waals surface area contributed by atoms with Gasteiger partial charge in [0, 0.05) is 51.4 Å². The molecule has 3 atom stereocenters. The fraction of sp³-hybridized carbons (Fsp3) is 0.762. The largest absolute Gasteiger partial charge is 0.343 e. The number of likely N-dealkylation sites (tertiary alicyclic amines) is 2. The predicted molar refractivity (Wildman–Crippen MR) is 107 cm³/mol. The number of hydrogen-bond donors (Lipinski definition) is 1. The molecule has 4 heterocycles. The number of fused-ring (bicyclic) bond motifs is 2. The minimum absolute atomic E-state index is 0.110. The predicted octanol–water partition coefficient (Wildman–Crippen LogP) is 1.75. The maximum Gasteiger partial charge on any atom is 0.272 e. The van der Waals surface area contributed by atoms with Gasteiger partial charge in [-0.05, 0) is 63.5 Å². The average molecular weight is 388 g/mol. The molecule has 3 fully saturated rings. The fourth-order valence-corrected chi connectivity index (χ4v) is 5.20. The number of carbonyl (C=O) groups is 2. The van der Waals surface area contributed by atoms with Crippen LogP contribution in [0.5, 0.6) is 0 Å². The van der Waals surface area contributed by atoms with Crippen LogP contribution in [0.15, 0.2) is 12.3 Å². The molecule has 1 aromatic heterocycles. The van der Waals surface area contributed by atoms with Crippen molar-refractivity contribution in [2.24, 2.45) is 11.8 Å². The number of hydrogen-bond acceptors (Lipinski definition) is 4. The first-order valence-electron chi connectivity index (χ1n) is 11.0. The molecule has 2 amide bonds. The van der Waals surface area contributed by atoms with Crippen LogP contribution < -0.4 is 5.32 Å². The Bertz CT molecular complexity index is 697. The Hall–Kier alpha value is -1.89. The van der Waals surface area contributed by atoms with Gasteiger partial charge in [0.2, 0.25) is 5.91 Å². The molecular formula is C21H33N5O2. The van der Waals surface area contributed by atoms with Crippen molar-refractivity contribution in [3.8, 4) is 0 Å². The smallest absolute Gasteiger partial charge is 0.272 e. The molecule has 3 saturated heterocycles. The van der Waals surface area contributed by atoms with E-state index in [0.29, 0.717) is 42.4 Å². The van der Waals surface area contributed by atoms with Crippen LogP contribution in [0.3, 0.4) is 0 Å². The third-order valence-corrected chi connectivity index (χ3v) is 6.69. The maximum absolute atomic E-state index is 13.0. The van der Waals surface area contributed by atoms with Crippen molar-refractivity contribution in [2.75, 3.05) is 32.7 Å². The third-order valence-electron chi connectivity index (χ3n) is 6.69. The third kappa shape index (κ3) is 4.09. The zero-order chi connectivity index (χ0) is 19.5. The van der Waals surface area contributed by atoms with E-state index < -0.39 is 0 Å². The summed E-state index contributed by atoms with van der Waals surface area (Å²) in [5.74, 6) is 1.44. The summed E-state index contributed by atoms with van der Waals surface area (Å²) in [5.41, 5.74) is 0.697. The topological polar surface area (TPSA) is 70.5 Å². The Morgan fingerprint density at radius 3 is 2.82 bits per heavy atom. The molecule has 0 aromatic carbocycles. The highest BCUT2D eigenvalue weighted by Crippen LogP contribution is 2.31. The molecule has 1 aromatic rings. The number of nitrogens with zero attached hydrogens (tertiary/aromatic N) is 4. The van der Waals surface area contributed by atoms with Gasteiger partial charge in [0.1, 0.15) is 5.69 Å². The van der Waals surface area contributed by atoms with Gasteiger partial charge in [-0.1, -0.05) is 0 Å². The van der Waals surface area contributed by atoms with Gasteiger partial charge < -0.3 is 15.1 Å². The minimum atomic E-state index is 0.110. The van der Waals surface area contributed by atoms with Crippen molar-refractivity contribution in [3.63, 3.8) is 0 Å². The summed E-state index contributed by atoms with van der Waals surface area (Å²) in [4.78, 5) is 29.4. The Kier molecular flexibility index (Phi) is 5.99. The van der Waals surface area contributed by atoms with Gasteiger partial charge in [-0.2, -0.15) is 5.10 Å². The van der Waals surface area contributed by atoms with Gasteiger partial charge in [0.05, 0.1) is 0 Å². The Labute approximate surface area is 167 Å². The lowest BCUT2D eigenvalue weighted by molar-refractivity contribution is -0.130. The van der Waals surface area contributed by atoms with Crippen LogP contribution in [-0.4, -0.2) is 70.2 Å². The highest BCUT2D eigenvalue weighted by molar-refractivity contribution is 5.92. The molecule has 4 rings (SSSR count). The van der Waals surface area contributed by atoms with E-state index in [1.807, 2.05) is 22.8 Å². The summed E-state index contributed by atoms with van der Waals surface area (Å²) < 4.78 is 1.78. The first kappa shape index (κ1) is 19.4. The molecule has 0 spiro atoms. The number of amides is 2. The molecule has 2 bridgehead atoms. The first-order chi connectivity index (χ1) is 13.7. The van der Waals surface area contributed by atoms with Crippen LogP contribution in [0, 0.1) is 11.8 Å². The number of aromatic nitrogens is 2. The molecule has 3 unspecified atom stereocenters. The van der Waals surface area contributed by atoms with E-state index in [0.717, 1.165) is 58.4 Å². The molecule has 0 aliphatic carbocycles. The molecule has 0 saturated carbocycles. The highest BCUT2D eigenvalue weighted by atomic mass is 16.2. The molecule has 154 valence electrons. The van der Waals surface area contributed by atoms with Crippen LogP contribution in [-0.2, 0) is 11.3 Å². The number of carbonyl (C=O) groups excluding carboxylic acids is 2. The molecule has 7 nitrogen and oxygen atoms in total. The van der Waals surface area contributed by atoms with Crippen LogP contribution in [0.1, 0.15) is 55.9 Å².